The zero-order valence-electron chi connectivity index (χ0n) is 21.1. The molecule has 0 saturated carbocycles. The van der Waals surface area contributed by atoms with Crippen LogP contribution in [0.15, 0.2) is 45.6 Å². The molecule has 8 nitrogen and oxygen atoms in total. The average Bonchev–Trinajstić information content (AvgIpc) is 2.82. The number of aliphatic hydroxyl groups is 1. The average molecular weight is 505 g/mol. The van der Waals surface area contributed by atoms with Gasteiger partial charge in [-0.15, -0.1) is 0 Å². The van der Waals surface area contributed by atoms with Crippen molar-refractivity contribution in [2.75, 3.05) is 13.2 Å². The molecular weight excluding hydrogens is 475 g/mol. The van der Waals surface area contributed by atoms with E-state index in [1.54, 1.807) is 18.2 Å². The van der Waals surface area contributed by atoms with Crippen molar-refractivity contribution in [2.45, 2.75) is 52.6 Å². The van der Waals surface area contributed by atoms with Crippen molar-refractivity contribution in [3.8, 4) is 11.5 Å². The van der Waals surface area contributed by atoms with E-state index in [1.807, 2.05) is 19.9 Å². The van der Waals surface area contributed by atoms with Crippen LogP contribution in [-0.4, -0.2) is 36.2 Å². The third-order valence-corrected chi connectivity index (χ3v) is 5.51. The monoisotopic (exact) mass is 504 g/mol. The first-order chi connectivity index (χ1) is 16.7. The summed E-state index contributed by atoms with van der Waals surface area (Å²) in [5.74, 6) is -1.17. The number of rotatable bonds is 12. The fourth-order valence-corrected chi connectivity index (χ4v) is 3.80. The van der Waals surface area contributed by atoms with Crippen LogP contribution in [0.4, 0.5) is 0 Å². The minimum Gasteiger partial charge on any atom is -0.542 e. The molecule has 3 aromatic rings. The maximum atomic E-state index is 12.3. The van der Waals surface area contributed by atoms with Crippen molar-refractivity contribution in [3.63, 3.8) is 0 Å². The minimum atomic E-state index is -1.58. The van der Waals surface area contributed by atoms with Crippen molar-refractivity contribution in [1.82, 2.24) is 0 Å². The van der Waals surface area contributed by atoms with Gasteiger partial charge in [0.25, 0.3) is 0 Å². The zero-order chi connectivity index (χ0) is 25.5. The maximum Gasteiger partial charge on any atom is 1.00 e. The zero-order valence-corrected chi connectivity index (χ0v) is 23.1. The quantitative estimate of drug-likeness (QED) is 0.272. The molecule has 9 heteroatoms. The van der Waals surface area contributed by atoms with E-state index in [1.165, 1.54) is 13.0 Å². The Morgan fingerprint density at radius 1 is 1.00 bits per heavy atom. The van der Waals surface area contributed by atoms with Gasteiger partial charge in [0.15, 0.2) is 17.0 Å². The van der Waals surface area contributed by atoms with Crippen LogP contribution in [0.2, 0.25) is 0 Å². The van der Waals surface area contributed by atoms with Crippen LogP contribution in [0.25, 0.3) is 11.0 Å². The summed E-state index contributed by atoms with van der Waals surface area (Å²) in [5.41, 5.74) is 1.70. The summed E-state index contributed by atoms with van der Waals surface area (Å²) in [4.78, 5) is 35.2. The molecule has 2 aromatic carbocycles. The summed E-state index contributed by atoms with van der Waals surface area (Å²) in [5, 5.41) is 21.9. The summed E-state index contributed by atoms with van der Waals surface area (Å²) < 4.78 is 17.1. The summed E-state index contributed by atoms with van der Waals surface area (Å²) in [7, 11) is 0. The number of carbonyl (C=O) groups is 2. The molecule has 1 atom stereocenters. The molecule has 0 saturated heterocycles. The number of benzene rings is 2. The molecule has 0 spiro atoms. The van der Waals surface area contributed by atoms with E-state index in [-0.39, 0.29) is 59.5 Å². The van der Waals surface area contributed by atoms with Gasteiger partial charge in [-0.3, -0.25) is 9.59 Å². The molecule has 0 radical (unpaired) electrons. The van der Waals surface area contributed by atoms with Crippen LogP contribution in [0.5, 0.6) is 11.5 Å². The number of aromatic carboxylic acids is 1. The first-order valence-electron chi connectivity index (χ1n) is 11.6. The van der Waals surface area contributed by atoms with E-state index in [2.05, 4.69) is 0 Å². The van der Waals surface area contributed by atoms with Crippen LogP contribution in [-0.2, 0) is 12.8 Å². The maximum absolute atomic E-state index is 12.3. The number of carboxylic acids is 1. The van der Waals surface area contributed by atoms with Crippen molar-refractivity contribution in [3.05, 3.63) is 69.1 Å². The van der Waals surface area contributed by atoms with Gasteiger partial charge in [-0.1, -0.05) is 26.7 Å². The smallest absolute Gasteiger partial charge is 0.542 e. The third kappa shape index (κ3) is 7.20. The Morgan fingerprint density at radius 3 is 2.25 bits per heavy atom. The van der Waals surface area contributed by atoms with Gasteiger partial charge in [0.05, 0.1) is 5.39 Å². The van der Waals surface area contributed by atoms with Gasteiger partial charge >= 0.3 is 29.6 Å². The van der Waals surface area contributed by atoms with E-state index >= 15 is 0 Å². The number of hydrogen-bond donors (Lipinski definition) is 1. The topological polar surface area (TPSA) is 126 Å². The molecule has 0 aliphatic carbocycles. The number of carbonyl (C=O) groups excluding carboxylic acids is 2. The molecule has 0 aliphatic heterocycles. The van der Waals surface area contributed by atoms with Crippen molar-refractivity contribution < 1.29 is 63.3 Å². The summed E-state index contributed by atoms with van der Waals surface area (Å²) in [6, 6.07) is 9.24. The second kappa shape index (κ2) is 13.6. The predicted molar refractivity (Wildman–Crippen MR) is 128 cm³/mol. The SMILES string of the molecule is CCCc1cc(C(C)=O)ccc1OCC(O)COc1ccc2c(=O)cc(C(=O)[O-])oc2c1CCC.[Na+]. The number of Topliss-reactive ketones (excluding diaryl/α,β-unsaturated/α-hetero) is 1. The van der Waals surface area contributed by atoms with E-state index in [9.17, 15) is 24.6 Å². The molecule has 36 heavy (non-hydrogen) atoms. The summed E-state index contributed by atoms with van der Waals surface area (Å²) in [6.45, 7) is 5.34. The van der Waals surface area contributed by atoms with Crippen LogP contribution >= 0.6 is 0 Å². The molecule has 0 fully saturated rings. The number of carboxylic acid groups (broad SMARTS) is 1. The standard InChI is InChI=1S/C27H30O8.Na/c1-4-6-18-12-17(16(3)28)8-10-23(18)33-14-19(29)15-34-24-11-9-20-22(30)13-25(27(31)32)35-26(20)21(24)7-5-2;/h8-13,19,29H,4-7,14-15H2,1-3H3,(H,31,32);/q;+1/p-1. The van der Waals surface area contributed by atoms with E-state index in [4.69, 9.17) is 13.9 Å². The minimum absolute atomic E-state index is 0. The number of ether oxygens (including phenoxy) is 2. The molecule has 1 N–H and O–H groups in total. The van der Waals surface area contributed by atoms with Gasteiger partial charge in [-0.2, -0.15) is 0 Å². The molecule has 1 heterocycles. The van der Waals surface area contributed by atoms with Crippen molar-refractivity contribution >= 4 is 22.7 Å². The Labute approximate surface area is 231 Å². The van der Waals surface area contributed by atoms with Gasteiger partial charge in [-0.05, 0) is 55.7 Å². The fraction of sp³-hybridized carbons (Fsp3) is 0.370. The van der Waals surface area contributed by atoms with Crippen LogP contribution in [0.1, 0.15) is 65.7 Å². The van der Waals surface area contributed by atoms with E-state index in [0.29, 0.717) is 35.5 Å². The fourth-order valence-electron chi connectivity index (χ4n) is 3.80. The number of aliphatic hydroxyl groups excluding tert-OH is 1. The predicted octanol–water partition coefficient (Wildman–Crippen LogP) is 0.0868. The molecule has 3 rings (SSSR count). The first-order valence-corrected chi connectivity index (χ1v) is 11.6. The Bertz CT molecular complexity index is 1280. The van der Waals surface area contributed by atoms with Gasteiger partial charge in [-0.25, -0.2) is 0 Å². The number of ketones is 1. The molecule has 1 aromatic heterocycles. The van der Waals surface area contributed by atoms with Crippen molar-refractivity contribution in [1.29, 1.82) is 0 Å². The van der Waals surface area contributed by atoms with Gasteiger partial charge in [0, 0.05) is 17.2 Å². The second-order valence-electron chi connectivity index (χ2n) is 8.34. The van der Waals surface area contributed by atoms with Crippen LogP contribution in [0, 0.1) is 0 Å². The first kappa shape index (κ1) is 29.6. The second-order valence-corrected chi connectivity index (χ2v) is 8.34. The molecule has 0 aliphatic rings. The van der Waals surface area contributed by atoms with E-state index in [0.717, 1.165) is 24.5 Å². The molecule has 1 unspecified atom stereocenters. The molecule has 0 bridgehead atoms. The van der Waals surface area contributed by atoms with Crippen molar-refractivity contribution in [2.24, 2.45) is 0 Å². The largest absolute Gasteiger partial charge is 1.00 e. The number of hydrogen-bond acceptors (Lipinski definition) is 8. The van der Waals surface area contributed by atoms with Gasteiger partial charge in [0.2, 0.25) is 0 Å². The Balaban J connectivity index is 0.00000456. The van der Waals surface area contributed by atoms with Crippen LogP contribution < -0.4 is 49.6 Å². The Morgan fingerprint density at radius 2 is 1.64 bits per heavy atom. The van der Waals surface area contributed by atoms with Gasteiger partial charge < -0.3 is 28.9 Å². The summed E-state index contributed by atoms with van der Waals surface area (Å²) in [6.07, 6.45) is 1.81. The third-order valence-electron chi connectivity index (χ3n) is 5.51. The Kier molecular flexibility index (Phi) is 11.2. The molecule has 186 valence electrons. The summed E-state index contributed by atoms with van der Waals surface area (Å²) >= 11 is 0. The van der Waals surface area contributed by atoms with Gasteiger partial charge in [0.1, 0.15) is 42.4 Å². The number of fused-ring (bicyclic) bond motifs is 1. The number of aryl methyl sites for hydroxylation is 2. The Hall–Kier alpha value is -2.65. The van der Waals surface area contributed by atoms with E-state index < -0.39 is 23.3 Å². The molecular formula is C27H29NaO8. The normalized spacial score (nSPS) is 11.6. The van der Waals surface area contributed by atoms with Crippen LogP contribution in [0.3, 0.4) is 0 Å². The molecule has 0 amide bonds.